The van der Waals surface area contributed by atoms with Crippen LogP contribution < -0.4 is 10.6 Å². The van der Waals surface area contributed by atoms with E-state index in [1.165, 1.54) is 0 Å². The van der Waals surface area contributed by atoms with Crippen LogP contribution in [0.4, 0.5) is 11.4 Å². The van der Waals surface area contributed by atoms with Gasteiger partial charge in [0, 0.05) is 18.8 Å². The van der Waals surface area contributed by atoms with Crippen molar-refractivity contribution < 1.29 is 5.11 Å². The van der Waals surface area contributed by atoms with Gasteiger partial charge in [-0.05, 0) is 25.0 Å². The molecule has 0 aliphatic carbocycles. The summed E-state index contributed by atoms with van der Waals surface area (Å²) >= 11 is 12.3. The Labute approximate surface area is 105 Å². The molecule has 1 heterocycles. The van der Waals surface area contributed by atoms with Gasteiger partial charge in [-0.3, -0.25) is 0 Å². The average molecular weight is 261 g/mol. The van der Waals surface area contributed by atoms with E-state index in [4.69, 9.17) is 28.9 Å². The van der Waals surface area contributed by atoms with Crippen LogP contribution in [0.2, 0.25) is 10.0 Å². The number of halogens is 2. The van der Waals surface area contributed by atoms with Crippen molar-refractivity contribution in [1.82, 2.24) is 0 Å². The second-order valence-electron chi connectivity index (χ2n) is 4.08. The first-order chi connectivity index (χ1) is 7.58. The molecule has 1 saturated heterocycles. The van der Waals surface area contributed by atoms with Crippen LogP contribution in [-0.4, -0.2) is 24.3 Å². The maximum Gasteiger partial charge on any atom is 0.0747 e. The van der Waals surface area contributed by atoms with Crippen LogP contribution in [-0.2, 0) is 0 Å². The van der Waals surface area contributed by atoms with Gasteiger partial charge in [-0.25, -0.2) is 0 Å². The quantitative estimate of drug-likeness (QED) is 0.764. The van der Waals surface area contributed by atoms with Gasteiger partial charge in [-0.2, -0.15) is 0 Å². The zero-order valence-corrected chi connectivity index (χ0v) is 10.3. The number of nitrogen functional groups attached to an aromatic ring is 1. The van der Waals surface area contributed by atoms with E-state index in [-0.39, 0.29) is 6.10 Å². The highest BCUT2D eigenvalue weighted by molar-refractivity contribution is 6.39. The van der Waals surface area contributed by atoms with E-state index >= 15 is 0 Å². The molecular weight excluding hydrogens is 247 g/mol. The van der Waals surface area contributed by atoms with Crippen LogP contribution >= 0.6 is 23.2 Å². The lowest BCUT2D eigenvalue weighted by Gasteiger charge is -2.33. The third kappa shape index (κ3) is 2.37. The van der Waals surface area contributed by atoms with Gasteiger partial charge in [0.15, 0.2) is 0 Å². The number of nitrogens with two attached hydrogens (primary N) is 1. The van der Waals surface area contributed by atoms with Gasteiger partial charge in [-0.15, -0.1) is 0 Å². The fraction of sp³-hybridized carbons (Fsp3) is 0.455. The molecule has 2 rings (SSSR count). The van der Waals surface area contributed by atoms with E-state index in [9.17, 15) is 5.11 Å². The minimum Gasteiger partial charge on any atom is -0.399 e. The minimum atomic E-state index is -0.307. The molecular formula is C11H14Cl2N2O. The van der Waals surface area contributed by atoms with Crippen molar-refractivity contribution in [2.45, 2.75) is 18.9 Å². The van der Waals surface area contributed by atoms with Gasteiger partial charge in [0.1, 0.15) is 0 Å². The summed E-state index contributed by atoms with van der Waals surface area (Å²) in [7, 11) is 0. The molecule has 1 atom stereocenters. The molecule has 3 N–H and O–H groups in total. The zero-order chi connectivity index (χ0) is 11.7. The summed E-state index contributed by atoms with van der Waals surface area (Å²) in [5.74, 6) is 0. The smallest absolute Gasteiger partial charge is 0.0747 e. The normalized spacial score (nSPS) is 21.2. The Morgan fingerprint density at radius 1 is 1.31 bits per heavy atom. The number of hydrogen-bond donors (Lipinski definition) is 2. The molecule has 0 amide bonds. The second-order valence-corrected chi connectivity index (χ2v) is 4.89. The van der Waals surface area contributed by atoms with Gasteiger partial charge >= 0.3 is 0 Å². The van der Waals surface area contributed by atoms with E-state index in [2.05, 4.69) is 0 Å². The molecule has 1 aromatic rings. The van der Waals surface area contributed by atoms with Crippen molar-refractivity contribution in [3.05, 3.63) is 22.2 Å². The van der Waals surface area contributed by atoms with Gasteiger partial charge in [-0.1, -0.05) is 23.2 Å². The van der Waals surface area contributed by atoms with Gasteiger partial charge in [0.25, 0.3) is 0 Å². The minimum absolute atomic E-state index is 0.307. The van der Waals surface area contributed by atoms with Crippen LogP contribution in [0.5, 0.6) is 0 Å². The summed E-state index contributed by atoms with van der Waals surface area (Å²) in [6, 6.07) is 3.37. The summed E-state index contributed by atoms with van der Waals surface area (Å²) in [6.45, 7) is 1.43. The predicted octanol–water partition coefficient (Wildman–Crippen LogP) is 2.54. The third-order valence-corrected chi connectivity index (χ3v) is 3.33. The first-order valence-electron chi connectivity index (χ1n) is 5.25. The molecule has 1 aliphatic heterocycles. The van der Waals surface area contributed by atoms with Crippen molar-refractivity contribution in [1.29, 1.82) is 0 Å². The summed E-state index contributed by atoms with van der Waals surface area (Å²) in [6.07, 6.45) is 1.47. The van der Waals surface area contributed by atoms with Gasteiger partial charge < -0.3 is 15.7 Å². The molecule has 0 spiro atoms. The number of nitrogens with zero attached hydrogens (tertiary/aromatic N) is 1. The summed E-state index contributed by atoms with van der Waals surface area (Å²) in [5.41, 5.74) is 6.97. The average Bonchev–Trinajstić information content (AvgIpc) is 2.15. The molecule has 0 saturated carbocycles. The molecule has 0 bridgehead atoms. The Bertz CT molecular complexity index is 375. The Kier molecular flexibility index (Phi) is 3.47. The molecule has 5 heteroatoms. The highest BCUT2D eigenvalue weighted by atomic mass is 35.5. The van der Waals surface area contributed by atoms with Gasteiger partial charge in [0.05, 0.1) is 21.8 Å². The van der Waals surface area contributed by atoms with E-state index < -0.39 is 0 Å². The third-order valence-electron chi connectivity index (χ3n) is 2.75. The Balaban J connectivity index is 2.32. The summed E-state index contributed by atoms with van der Waals surface area (Å²) in [4.78, 5) is 2.01. The molecule has 0 radical (unpaired) electrons. The highest BCUT2D eigenvalue weighted by Gasteiger charge is 2.21. The Hall–Kier alpha value is -0.640. The molecule has 3 nitrogen and oxygen atoms in total. The van der Waals surface area contributed by atoms with Crippen LogP contribution in [0.15, 0.2) is 12.1 Å². The monoisotopic (exact) mass is 260 g/mol. The molecule has 1 aromatic carbocycles. The van der Waals surface area contributed by atoms with E-state index in [1.54, 1.807) is 12.1 Å². The van der Waals surface area contributed by atoms with Crippen molar-refractivity contribution >= 4 is 34.6 Å². The lowest BCUT2D eigenvalue weighted by molar-refractivity contribution is 0.154. The zero-order valence-electron chi connectivity index (χ0n) is 8.79. The number of β-amino-alcohol motifs (C(OH)–C–C–N with tert-alkyl or cyclic N) is 1. The van der Waals surface area contributed by atoms with Crippen molar-refractivity contribution in [2.24, 2.45) is 0 Å². The van der Waals surface area contributed by atoms with Crippen molar-refractivity contribution in [3.8, 4) is 0 Å². The van der Waals surface area contributed by atoms with E-state index in [0.29, 0.717) is 22.3 Å². The fourth-order valence-corrected chi connectivity index (χ4v) is 2.79. The lowest BCUT2D eigenvalue weighted by Crippen LogP contribution is -2.38. The van der Waals surface area contributed by atoms with E-state index in [1.807, 2.05) is 4.90 Å². The second kappa shape index (κ2) is 4.70. The van der Waals surface area contributed by atoms with Crippen molar-refractivity contribution in [2.75, 3.05) is 23.7 Å². The first-order valence-corrected chi connectivity index (χ1v) is 6.01. The molecule has 1 fully saturated rings. The number of hydrogen-bond acceptors (Lipinski definition) is 3. The number of rotatable bonds is 1. The summed E-state index contributed by atoms with van der Waals surface area (Å²) < 4.78 is 0. The largest absolute Gasteiger partial charge is 0.399 e. The highest BCUT2D eigenvalue weighted by Crippen LogP contribution is 2.37. The molecule has 1 aliphatic rings. The number of benzene rings is 1. The number of piperidine rings is 1. The molecule has 0 aromatic heterocycles. The lowest BCUT2D eigenvalue weighted by atomic mass is 10.1. The predicted molar refractivity (Wildman–Crippen MR) is 68.3 cm³/mol. The maximum atomic E-state index is 9.62. The van der Waals surface area contributed by atoms with Gasteiger partial charge in [0.2, 0.25) is 0 Å². The van der Waals surface area contributed by atoms with Crippen LogP contribution in [0, 0.1) is 0 Å². The number of anilines is 2. The van der Waals surface area contributed by atoms with Crippen LogP contribution in [0.3, 0.4) is 0 Å². The van der Waals surface area contributed by atoms with E-state index in [0.717, 1.165) is 25.1 Å². The Morgan fingerprint density at radius 3 is 2.50 bits per heavy atom. The molecule has 16 heavy (non-hydrogen) atoms. The summed E-state index contributed by atoms with van der Waals surface area (Å²) in [5, 5.41) is 10.7. The van der Waals surface area contributed by atoms with Crippen molar-refractivity contribution in [3.63, 3.8) is 0 Å². The number of aliphatic hydroxyl groups is 1. The standard InChI is InChI=1S/C11H14Cl2N2O/c12-9-4-7(14)5-10(13)11(9)15-3-1-2-8(16)6-15/h4-5,8,16H,1-3,6,14H2. The first kappa shape index (κ1) is 11.8. The number of aliphatic hydroxyl groups excluding tert-OH is 1. The Morgan fingerprint density at radius 2 is 1.94 bits per heavy atom. The topological polar surface area (TPSA) is 49.5 Å². The fourth-order valence-electron chi connectivity index (χ4n) is 2.05. The van der Waals surface area contributed by atoms with Crippen LogP contribution in [0.25, 0.3) is 0 Å². The molecule has 88 valence electrons. The molecule has 1 unspecified atom stereocenters. The van der Waals surface area contributed by atoms with Crippen LogP contribution in [0.1, 0.15) is 12.8 Å². The maximum absolute atomic E-state index is 9.62. The SMILES string of the molecule is Nc1cc(Cl)c(N2CCCC(O)C2)c(Cl)c1.